The predicted molar refractivity (Wildman–Crippen MR) is 67.2 cm³/mol. The highest BCUT2D eigenvalue weighted by Crippen LogP contribution is 2.22. The van der Waals surface area contributed by atoms with Gasteiger partial charge in [0.25, 0.3) is 0 Å². The molecule has 2 heterocycles. The van der Waals surface area contributed by atoms with Crippen LogP contribution in [0.15, 0.2) is 6.20 Å². The quantitative estimate of drug-likeness (QED) is 0.828. The van der Waals surface area contributed by atoms with Gasteiger partial charge in [0.1, 0.15) is 0 Å². The van der Waals surface area contributed by atoms with Crippen molar-refractivity contribution in [1.29, 1.82) is 0 Å². The SMILES string of the molecule is Cc1cnc(CN2CCC(C)C2)c(C)c1N. The molecular formula is C13H21N3. The Balaban J connectivity index is 2.13. The lowest BCUT2D eigenvalue weighted by Gasteiger charge is -2.17. The minimum atomic E-state index is 0.822. The van der Waals surface area contributed by atoms with Crippen molar-refractivity contribution in [3.05, 3.63) is 23.0 Å². The van der Waals surface area contributed by atoms with Crippen LogP contribution in [0.5, 0.6) is 0 Å². The monoisotopic (exact) mass is 219 g/mol. The first-order chi connectivity index (χ1) is 7.58. The number of nitrogen functional groups attached to an aromatic ring is 1. The Bertz CT molecular complexity index is 387. The van der Waals surface area contributed by atoms with E-state index in [1.54, 1.807) is 0 Å². The van der Waals surface area contributed by atoms with Gasteiger partial charge in [-0.2, -0.15) is 0 Å². The van der Waals surface area contributed by atoms with Gasteiger partial charge in [-0.3, -0.25) is 9.88 Å². The fraction of sp³-hybridized carbons (Fsp3) is 0.615. The number of nitrogens with zero attached hydrogens (tertiary/aromatic N) is 2. The minimum absolute atomic E-state index is 0.822. The number of likely N-dealkylation sites (tertiary alicyclic amines) is 1. The number of nitrogens with two attached hydrogens (primary N) is 1. The van der Waals surface area contributed by atoms with Gasteiger partial charge < -0.3 is 5.73 Å². The molecule has 3 nitrogen and oxygen atoms in total. The maximum absolute atomic E-state index is 6.03. The molecule has 0 aromatic carbocycles. The van der Waals surface area contributed by atoms with Crippen molar-refractivity contribution in [2.75, 3.05) is 18.8 Å². The first kappa shape index (κ1) is 11.4. The van der Waals surface area contributed by atoms with Crippen molar-refractivity contribution < 1.29 is 0 Å². The third-order valence-corrected chi connectivity index (χ3v) is 3.56. The lowest BCUT2D eigenvalue weighted by Crippen LogP contribution is -2.21. The molecule has 0 saturated carbocycles. The number of aryl methyl sites for hydroxylation is 1. The maximum Gasteiger partial charge on any atom is 0.0593 e. The van der Waals surface area contributed by atoms with Crippen molar-refractivity contribution in [2.24, 2.45) is 5.92 Å². The van der Waals surface area contributed by atoms with Gasteiger partial charge in [-0.15, -0.1) is 0 Å². The van der Waals surface area contributed by atoms with Crippen LogP contribution in [0, 0.1) is 19.8 Å². The van der Waals surface area contributed by atoms with Gasteiger partial charge in [0.15, 0.2) is 0 Å². The van der Waals surface area contributed by atoms with Crippen LogP contribution in [0.1, 0.15) is 30.2 Å². The first-order valence-corrected chi connectivity index (χ1v) is 6.01. The second-order valence-corrected chi connectivity index (χ2v) is 5.06. The molecule has 1 aromatic heterocycles. The molecular weight excluding hydrogens is 198 g/mol. The van der Waals surface area contributed by atoms with Crippen molar-refractivity contribution in [3.8, 4) is 0 Å². The summed E-state index contributed by atoms with van der Waals surface area (Å²) in [5.74, 6) is 0.822. The van der Waals surface area contributed by atoms with Crippen molar-refractivity contribution >= 4 is 5.69 Å². The summed E-state index contributed by atoms with van der Waals surface area (Å²) in [6.45, 7) is 9.72. The smallest absolute Gasteiger partial charge is 0.0593 e. The third-order valence-electron chi connectivity index (χ3n) is 3.56. The van der Waals surface area contributed by atoms with Crippen LogP contribution in [-0.4, -0.2) is 23.0 Å². The van der Waals surface area contributed by atoms with Crippen molar-refractivity contribution in [3.63, 3.8) is 0 Å². The van der Waals surface area contributed by atoms with Gasteiger partial charge >= 0.3 is 0 Å². The van der Waals surface area contributed by atoms with E-state index < -0.39 is 0 Å². The van der Waals surface area contributed by atoms with Crippen LogP contribution >= 0.6 is 0 Å². The molecule has 1 aliphatic heterocycles. The molecule has 1 aliphatic rings. The van der Waals surface area contributed by atoms with Crippen molar-refractivity contribution in [1.82, 2.24) is 9.88 Å². The second-order valence-electron chi connectivity index (χ2n) is 5.06. The van der Waals surface area contributed by atoms with E-state index in [4.69, 9.17) is 5.73 Å². The highest BCUT2D eigenvalue weighted by molar-refractivity contribution is 5.53. The summed E-state index contributed by atoms with van der Waals surface area (Å²) in [6, 6.07) is 0. The van der Waals surface area contributed by atoms with Crippen LogP contribution < -0.4 is 5.73 Å². The molecule has 16 heavy (non-hydrogen) atoms. The molecule has 0 aliphatic carbocycles. The fourth-order valence-electron chi connectivity index (χ4n) is 2.33. The predicted octanol–water partition coefficient (Wildman–Crippen LogP) is 2.12. The average molecular weight is 219 g/mol. The van der Waals surface area contributed by atoms with Gasteiger partial charge in [0.05, 0.1) is 5.69 Å². The maximum atomic E-state index is 6.03. The molecule has 0 spiro atoms. The van der Waals surface area contributed by atoms with Crippen LogP contribution in [-0.2, 0) is 6.54 Å². The Kier molecular flexibility index (Phi) is 3.15. The molecule has 1 fully saturated rings. The normalized spacial score (nSPS) is 21.6. The Hall–Kier alpha value is -1.09. The number of anilines is 1. The van der Waals surface area contributed by atoms with Crippen LogP contribution in [0.4, 0.5) is 5.69 Å². The molecule has 1 saturated heterocycles. The second kappa shape index (κ2) is 4.42. The average Bonchev–Trinajstić information content (AvgIpc) is 2.65. The standard InChI is InChI=1S/C13H21N3/c1-9-4-5-16(7-9)8-12-11(3)13(14)10(2)6-15-12/h6,9H,4-5,7-8H2,1-3H3,(H2,14,15). The Labute approximate surface area is 97.7 Å². The Morgan fingerprint density at radius 2 is 2.25 bits per heavy atom. The van der Waals surface area contributed by atoms with Crippen molar-refractivity contribution in [2.45, 2.75) is 33.7 Å². The van der Waals surface area contributed by atoms with Crippen LogP contribution in [0.25, 0.3) is 0 Å². The van der Waals surface area contributed by atoms with E-state index in [0.29, 0.717) is 0 Å². The highest BCUT2D eigenvalue weighted by atomic mass is 15.1. The molecule has 88 valence electrons. The zero-order valence-electron chi connectivity index (χ0n) is 10.5. The molecule has 2 N–H and O–H groups in total. The van der Waals surface area contributed by atoms with Crippen LogP contribution in [0.3, 0.4) is 0 Å². The van der Waals surface area contributed by atoms with Gasteiger partial charge in [0, 0.05) is 25.0 Å². The zero-order valence-corrected chi connectivity index (χ0v) is 10.5. The number of rotatable bonds is 2. The minimum Gasteiger partial charge on any atom is -0.398 e. The summed E-state index contributed by atoms with van der Waals surface area (Å²) in [4.78, 5) is 6.97. The number of hydrogen-bond acceptors (Lipinski definition) is 3. The van der Waals surface area contributed by atoms with Gasteiger partial charge in [-0.1, -0.05) is 6.92 Å². The van der Waals surface area contributed by atoms with E-state index in [1.165, 1.54) is 19.5 Å². The summed E-state index contributed by atoms with van der Waals surface area (Å²) < 4.78 is 0. The molecule has 0 radical (unpaired) electrons. The van der Waals surface area contributed by atoms with Gasteiger partial charge in [-0.05, 0) is 43.9 Å². The number of hydrogen-bond donors (Lipinski definition) is 1. The number of pyridine rings is 1. The topological polar surface area (TPSA) is 42.2 Å². The van der Waals surface area contributed by atoms with Gasteiger partial charge in [0.2, 0.25) is 0 Å². The Morgan fingerprint density at radius 1 is 1.50 bits per heavy atom. The molecule has 0 amide bonds. The Morgan fingerprint density at radius 3 is 2.88 bits per heavy atom. The largest absolute Gasteiger partial charge is 0.398 e. The van der Waals surface area contributed by atoms with E-state index >= 15 is 0 Å². The fourth-order valence-corrected chi connectivity index (χ4v) is 2.33. The summed E-state index contributed by atoms with van der Waals surface area (Å²) in [5, 5.41) is 0. The zero-order chi connectivity index (χ0) is 11.7. The van der Waals surface area contributed by atoms with E-state index in [0.717, 1.165) is 35.0 Å². The molecule has 1 unspecified atom stereocenters. The third kappa shape index (κ3) is 2.19. The molecule has 1 aromatic rings. The number of aromatic nitrogens is 1. The van der Waals surface area contributed by atoms with E-state index in [9.17, 15) is 0 Å². The van der Waals surface area contributed by atoms with E-state index in [2.05, 4.69) is 23.7 Å². The highest BCUT2D eigenvalue weighted by Gasteiger charge is 2.20. The summed E-state index contributed by atoms with van der Waals surface area (Å²) in [5.41, 5.74) is 10.3. The summed E-state index contributed by atoms with van der Waals surface area (Å²) in [7, 11) is 0. The van der Waals surface area contributed by atoms with E-state index in [1.807, 2.05) is 13.1 Å². The molecule has 2 rings (SSSR count). The van der Waals surface area contributed by atoms with Crippen LogP contribution in [0.2, 0.25) is 0 Å². The molecule has 3 heteroatoms. The van der Waals surface area contributed by atoms with E-state index in [-0.39, 0.29) is 0 Å². The lowest BCUT2D eigenvalue weighted by molar-refractivity contribution is 0.315. The summed E-state index contributed by atoms with van der Waals surface area (Å²) >= 11 is 0. The molecule has 1 atom stereocenters. The van der Waals surface area contributed by atoms with Gasteiger partial charge in [-0.25, -0.2) is 0 Å². The lowest BCUT2D eigenvalue weighted by atomic mass is 10.1. The first-order valence-electron chi connectivity index (χ1n) is 6.01. The summed E-state index contributed by atoms with van der Waals surface area (Å²) in [6.07, 6.45) is 3.19. The molecule has 0 bridgehead atoms.